The van der Waals surface area contributed by atoms with Gasteiger partial charge in [-0.2, -0.15) is 0 Å². The largest absolute Gasteiger partial charge is 0.503 e. The smallest absolute Gasteiger partial charge is 0.274 e. The number of benzene rings is 1. The Morgan fingerprint density at radius 1 is 1.22 bits per heavy atom. The van der Waals surface area contributed by atoms with Crippen LogP contribution in [0.1, 0.15) is 40.2 Å². The number of halogens is 2. The summed E-state index contributed by atoms with van der Waals surface area (Å²) >= 11 is 5.82. The number of carbonyl (C=O) groups is 1. The summed E-state index contributed by atoms with van der Waals surface area (Å²) in [4.78, 5) is 27.2. The van der Waals surface area contributed by atoms with E-state index in [4.69, 9.17) is 11.6 Å². The molecule has 0 fully saturated rings. The van der Waals surface area contributed by atoms with Crippen molar-refractivity contribution in [2.75, 3.05) is 6.54 Å². The minimum absolute atomic E-state index is 0.0102. The third-order valence-electron chi connectivity index (χ3n) is 5.24. The third kappa shape index (κ3) is 2.84. The highest BCUT2D eigenvalue weighted by atomic mass is 35.5. The molecule has 1 aromatic carbocycles. The predicted octanol–water partition coefficient (Wildman–Crippen LogP) is 3.35. The summed E-state index contributed by atoms with van der Waals surface area (Å²) in [6.07, 6.45) is 2.26. The third-order valence-corrected chi connectivity index (χ3v) is 5.53. The van der Waals surface area contributed by atoms with E-state index < -0.39 is 22.9 Å². The number of pyridine rings is 1. The molecular weight excluding hydrogens is 371 g/mol. The predicted molar refractivity (Wildman–Crippen MR) is 100 cm³/mol. The van der Waals surface area contributed by atoms with Crippen LogP contribution in [0.25, 0.3) is 5.57 Å². The highest BCUT2D eigenvalue weighted by molar-refractivity contribution is 6.30. The maximum Gasteiger partial charge on any atom is 0.274 e. The van der Waals surface area contributed by atoms with Crippen LogP contribution >= 0.6 is 11.6 Å². The monoisotopic (exact) mass is 388 g/mol. The molecule has 1 aliphatic carbocycles. The first-order valence-electron chi connectivity index (χ1n) is 8.78. The van der Waals surface area contributed by atoms with Gasteiger partial charge in [0.2, 0.25) is 5.43 Å². The van der Waals surface area contributed by atoms with Gasteiger partial charge in [-0.1, -0.05) is 24.2 Å². The average molecular weight is 389 g/mol. The molecular formula is C20H18ClFN2O3. The number of allylic oxidation sites excluding steroid dienone is 1. The average Bonchev–Trinajstić information content (AvgIpc) is 2.64. The van der Waals surface area contributed by atoms with Gasteiger partial charge in [-0.05, 0) is 42.5 Å². The van der Waals surface area contributed by atoms with Crippen LogP contribution < -0.4 is 5.43 Å². The van der Waals surface area contributed by atoms with Gasteiger partial charge in [0.05, 0.1) is 5.02 Å². The molecule has 0 radical (unpaired) electrons. The van der Waals surface area contributed by atoms with E-state index in [0.717, 1.165) is 12.1 Å². The molecule has 27 heavy (non-hydrogen) atoms. The van der Waals surface area contributed by atoms with Crippen molar-refractivity contribution in [2.45, 2.75) is 32.4 Å². The topological polar surface area (TPSA) is 62.5 Å². The normalized spacial score (nSPS) is 16.3. The van der Waals surface area contributed by atoms with E-state index in [1.165, 1.54) is 17.0 Å². The summed E-state index contributed by atoms with van der Waals surface area (Å²) in [6.45, 7) is 5.06. The van der Waals surface area contributed by atoms with Crippen LogP contribution in [-0.4, -0.2) is 27.0 Å². The Balaban J connectivity index is 1.74. The quantitative estimate of drug-likeness (QED) is 0.858. The van der Waals surface area contributed by atoms with Gasteiger partial charge in [0, 0.05) is 30.9 Å². The van der Waals surface area contributed by atoms with E-state index >= 15 is 0 Å². The molecule has 0 saturated heterocycles. The van der Waals surface area contributed by atoms with Crippen molar-refractivity contribution in [1.29, 1.82) is 0 Å². The molecule has 2 aromatic rings. The minimum atomic E-state index is -0.527. The summed E-state index contributed by atoms with van der Waals surface area (Å²) in [6, 6.07) is 4.29. The fraction of sp³-hybridized carbons (Fsp3) is 0.300. The Hall–Kier alpha value is -2.60. The number of aromatic hydroxyl groups is 1. The zero-order valence-electron chi connectivity index (χ0n) is 14.6. The molecule has 1 amide bonds. The molecule has 7 heteroatoms. The van der Waals surface area contributed by atoms with Gasteiger partial charge in [-0.3, -0.25) is 9.59 Å². The van der Waals surface area contributed by atoms with Crippen molar-refractivity contribution >= 4 is 23.1 Å². The molecule has 2 aliphatic rings. The number of fused-ring (bicyclic) bond motifs is 3. The summed E-state index contributed by atoms with van der Waals surface area (Å²) in [5.74, 6) is -1.47. The maximum absolute atomic E-state index is 13.3. The van der Waals surface area contributed by atoms with Crippen molar-refractivity contribution in [3.8, 4) is 5.75 Å². The molecule has 4 rings (SSSR count). The summed E-state index contributed by atoms with van der Waals surface area (Å²) in [5, 5.41) is 10.4. The van der Waals surface area contributed by atoms with Crippen LogP contribution in [0.2, 0.25) is 5.02 Å². The summed E-state index contributed by atoms with van der Waals surface area (Å²) < 4.78 is 15.1. The second-order valence-electron chi connectivity index (χ2n) is 6.93. The highest BCUT2D eigenvalue weighted by Crippen LogP contribution is 2.32. The second-order valence-corrected chi connectivity index (χ2v) is 7.34. The van der Waals surface area contributed by atoms with Gasteiger partial charge < -0.3 is 14.6 Å². The first kappa shape index (κ1) is 17.8. The van der Waals surface area contributed by atoms with Crippen molar-refractivity contribution < 1.29 is 14.3 Å². The van der Waals surface area contributed by atoms with E-state index in [2.05, 4.69) is 6.58 Å². The number of nitrogens with zero attached hydrogens (tertiary/aromatic N) is 2. The Morgan fingerprint density at radius 2 is 2.00 bits per heavy atom. The fourth-order valence-corrected chi connectivity index (χ4v) is 4.12. The molecule has 0 atom stereocenters. The van der Waals surface area contributed by atoms with Crippen molar-refractivity contribution in [3.05, 3.63) is 68.4 Å². The molecule has 0 spiro atoms. The summed E-state index contributed by atoms with van der Waals surface area (Å²) in [7, 11) is 0. The lowest BCUT2D eigenvalue weighted by Gasteiger charge is -2.34. The Bertz CT molecular complexity index is 1040. The van der Waals surface area contributed by atoms with Gasteiger partial charge in [0.1, 0.15) is 5.82 Å². The number of carbonyl (C=O) groups excluding carboxylic acids is 1. The number of hydrogen-bond donors (Lipinski definition) is 1. The molecule has 1 aliphatic heterocycles. The van der Waals surface area contributed by atoms with Gasteiger partial charge in [0.25, 0.3) is 5.91 Å². The maximum atomic E-state index is 13.3. The van der Waals surface area contributed by atoms with Crippen molar-refractivity contribution in [2.24, 2.45) is 0 Å². The van der Waals surface area contributed by atoms with Gasteiger partial charge in [-0.15, -0.1) is 0 Å². The molecule has 1 N–H and O–H groups in total. The van der Waals surface area contributed by atoms with Crippen LogP contribution in [0.5, 0.6) is 5.75 Å². The number of hydrogen-bond acceptors (Lipinski definition) is 3. The van der Waals surface area contributed by atoms with Crippen molar-refractivity contribution in [1.82, 2.24) is 9.47 Å². The van der Waals surface area contributed by atoms with Gasteiger partial charge >= 0.3 is 0 Å². The Labute approximate surface area is 160 Å². The number of amides is 1. The molecule has 0 unspecified atom stereocenters. The second kappa shape index (κ2) is 6.53. The fourth-order valence-electron chi connectivity index (χ4n) is 3.92. The van der Waals surface area contributed by atoms with E-state index in [-0.39, 0.29) is 17.3 Å². The number of aromatic nitrogens is 1. The highest BCUT2D eigenvalue weighted by Gasteiger charge is 2.33. The SMILES string of the molecule is C=C1CCCc2c1c(=O)c(O)c1n2CCN(Cc2ccc(F)c(Cl)c2)C1=O. The Kier molecular flexibility index (Phi) is 4.30. The van der Waals surface area contributed by atoms with E-state index in [1.807, 2.05) is 0 Å². The van der Waals surface area contributed by atoms with Crippen LogP contribution in [-0.2, 0) is 19.5 Å². The molecule has 1 aromatic heterocycles. The zero-order chi connectivity index (χ0) is 19.3. The molecule has 5 nitrogen and oxygen atoms in total. The van der Waals surface area contributed by atoms with E-state index in [1.54, 1.807) is 10.6 Å². The molecule has 0 saturated carbocycles. The van der Waals surface area contributed by atoms with Crippen LogP contribution in [0.4, 0.5) is 4.39 Å². The molecule has 0 bridgehead atoms. The lowest BCUT2D eigenvalue weighted by molar-refractivity contribution is 0.0681. The first-order valence-corrected chi connectivity index (χ1v) is 9.16. The van der Waals surface area contributed by atoms with E-state index in [9.17, 15) is 19.1 Å². The Morgan fingerprint density at radius 3 is 2.74 bits per heavy atom. The lowest BCUT2D eigenvalue weighted by atomic mass is 9.90. The lowest BCUT2D eigenvalue weighted by Crippen LogP contribution is -2.43. The van der Waals surface area contributed by atoms with Gasteiger partial charge in [-0.25, -0.2) is 4.39 Å². The van der Waals surface area contributed by atoms with Crippen LogP contribution in [0.3, 0.4) is 0 Å². The van der Waals surface area contributed by atoms with Crippen molar-refractivity contribution in [3.63, 3.8) is 0 Å². The summed E-state index contributed by atoms with van der Waals surface area (Å²) in [5.41, 5.74) is 2.11. The van der Waals surface area contributed by atoms with E-state index in [0.29, 0.717) is 42.6 Å². The van der Waals surface area contributed by atoms with Crippen LogP contribution in [0, 0.1) is 5.82 Å². The molecule has 2 heterocycles. The number of rotatable bonds is 2. The van der Waals surface area contributed by atoms with Gasteiger partial charge in [0.15, 0.2) is 11.4 Å². The minimum Gasteiger partial charge on any atom is -0.503 e. The zero-order valence-corrected chi connectivity index (χ0v) is 15.4. The molecule has 140 valence electrons. The van der Waals surface area contributed by atoms with Crippen LogP contribution in [0.15, 0.2) is 29.6 Å². The standard InChI is InChI=1S/C20H18ClFN2O3/c1-11-3-2-4-15-16(11)18(25)19(26)17-20(27)23(7-8-24(15)17)10-12-5-6-14(22)13(21)9-12/h5-6,9,26H,1-4,7-8,10H2. The first-order chi connectivity index (χ1) is 12.9.